The second-order valence-corrected chi connectivity index (χ2v) is 20.8. The molecule has 1 fully saturated rings. The van der Waals surface area contributed by atoms with Gasteiger partial charge in [0, 0.05) is 43.9 Å². The first kappa shape index (κ1) is 65.1. The lowest BCUT2D eigenvalue weighted by atomic mass is 10.1. The van der Waals surface area contributed by atoms with Gasteiger partial charge in [-0.2, -0.15) is 0 Å². The Morgan fingerprint density at radius 2 is 0.761 bits per heavy atom. The molecule has 0 unspecified atom stereocenters. The fraction of sp³-hybridized carbons (Fsp3) is 0.875. The fourth-order valence-electron chi connectivity index (χ4n) is 8.28. The Balaban J connectivity index is 3.00. The van der Waals surface area contributed by atoms with Crippen molar-refractivity contribution in [2.75, 3.05) is 39.6 Å². The van der Waals surface area contributed by atoms with E-state index >= 15 is 0 Å². The van der Waals surface area contributed by atoms with Gasteiger partial charge >= 0.3 is 41.9 Å². The lowest BCUT2D eigenvalue weighted by Crippen LogP contribution is -2.42. The zero-order valence-electron chi connectivity index (χ0n) is 45.6. The van der Waals surface area contributed by atoms with Crippen molar-refractivity contribution >= 4 is 41.9 Å². The molecular weight excluding hydrogens is 911 g/mol. The third-order valence-electron chi connectivity index (χ3n) is 12.5. The summed E-state index contributed by atoms with van der Waals surface area (Å²) in [4.78, 5) is 92.5. The van der Waals surface area contributed by atoms with Gasteiger partial charge in [-0.05, 0) is 46.5 Å². The van der Waals surface area contributed by atoms with Crippen LogP contribution in [0.15, 0.2) is 0 Å². The van der Waals surface area contributed by atoms with Crippen molar-refractivity contribution in [2.24, 2.45) is 11.8 Å². The third kappa shape index (κ3) is 36.6. The predicted octanol–water partition coefficient (Wildman–Crippen LogP) is 12.6. The van der Waals surface area contributed by atoms with Gasteiger partial charge in [0.2, 0.25) is 0 Å². The van der Waals surface area contributed by atoms with Crippen LogP contribution in [0, 0.1) is 11.8 Å². The molecule has 1 saturated heterocycles. The highest BCUT2D eigenvalue weighted by molar-refractivity contribution is 5.73. The number of likely N-dealkylation sites (tertiary alicyclic amines) is 1. The van der Waals surface area contributed by atoms with Crippen LogP contribution in [0.1, 0.15) is 248 Å². The van der Waals surface area contributed by atoms with Gasteiger partial charge < -0.3 is 33.2 Å². The van der Waals surface area contributed by atoms with Crippen LogP contribution in [0.2, 0.25) is 0 Å². The van der Waals surface area contributed by atoms with Gasteiger partial charge in [0.15, 0.2) is 0 Å². The summed E-state index contributed by atoms with van der Waals surface area (Å²) in [5.74, 6) is -4.07. The van der Waals surface area contributed by atoms with Gasteiger partial charge in [0.05, 0.1) is 51.9 Å². The summed E-state index contributed by atoms with van der Waals surface area (Å²) < 4.78 is 39.6. The van der Waals surface area contributed by atoms with E-state index in [1.54, 1.807) is 20.8 Å². The number of carbonyl (C=O) groups is 7. The quantitative estimate of drug-likeness (QED) is 0.0319. The van der Waals surface area contributed by atoms with Crippen molar-refractivity contribution in [2.45, 2.75) is 265 Å². The van der Waals surface area contributed by atoms with E-state index < -0.39 is 47.6 Å². The summed E-state index contributed by atoms with van der Waals surface area (Å²) in [6.45, 7) is 13.0. The number of ether oxygens (including phenoxy) is 7. The van der Waals surface area contributed by atoms with Gasteiger partial charge in [-0.1, -0.05) is 156 Å². The molecule has 1 aliphatic rings. The summed E-state index contributed by atoms with van der Waals surface area (Å²) in [7, 11) is 0. The number of nitrogens with zero attached hydrogens (tertiary/aromatic N) is 1. The van der Waals surface area contributed by atoms with E-state index in [1.165, 1.54) is 4.90 Å². The molecule has 15 heteroatoms. The summed E-state index contributed by atoms with van der Waals surface area (Å²) in [5, 5.41) is 0. The lowest BCUT2D eigenvalue weighted by molar-refractivity contribution is -0.157. The van der Waals surface area contributed by atoms with Crippen molar-refractivity contribution in [3.05, 3.63) is 0 Å². The molecule has 2 atom stereocenters. The molecule has 0 aromatic rings. The van der Waals surface area contributed by atoms with Crippen LogP contribution in [0.3, 0.4) is 0 Å². The normalized spacial score (nSPS) is 14.6. The van der Waals surface area contributed by atoms with E-state index in [0.29, 0.717) is 25.7 Å². The molecule has 1 heterocycles. The average molecular weight is 1010 g/mol. The standard InChI is InChI=1S/C56H99NO14/c1-8-12-16-20-24-28-32-49(58)65-40-45(41-66-50(59)33-29-25-21-17-13-9-2)36-53(62)69-44-47-38-48(39-57(47)55(64)71-56(5,6)7)70-54(63)37-46(42-67-51(60)34-30-26-22-18-14-10-3)43-68-52(61)35-31-27-23-19-15-11-4/h45-48H,8-44H2,1-7H3/t47-,48+/m0/s1. The van der Waals surface area contributed by atoms with Gasteiger partial charge in [-0.25, -0.2) is 4.79 Å². The Hall–Kier alpha value is -3.91. The van der Waals surface area contributed by atoms with E-state index in [1.807, 2.05) is 0 Å². The SMILES string of the molecule is CCCCCCCCC(=O)OCC(COC(=O)CCCCCCCC)CC(=O)OC[C@@H]1C[C@@H](OC(=O)CC(COC(=O)CCCCCCCC)COC(=O)CCCCCCCC)CN1C(=O)OC(C)(C)C. The number of unbranched alkanes of at least 4 members (excludes halogenated alkanes) is 20. The molecule has 0 aromatic carbocycles. The largest absolute Gasteiger partial charge is 0.465 e. The minimum atomic E-state index is -0.842. The van der Waals surface area contributed by atoms with E-state index in [4.69, 9.17) is 33.2 Å². The maximum Gasteiger partial charge on any atom is 0.410 e. The van der Waals surface area contributed by atoms with Crippen LogP contribution >= 0.6 is 0 Å². The van der Waals surface area contributed by atoms with Crippen LogP contribution in [0.25, 0.3) is 0 Å². The molecule has 412 valence electrons. The van der Waals surface area contributed by atoms with Crippen molar-refractivity contribution in [3.63, 3.8) is 0 Å². The molecule has 0 bridgehead atoms. The second kappa shape index (κ2) is 41.6. The molecule has 0 N–H and O–H groups in total. The van der Waals surface area contributed by atoms with Gasteiger partial charge in [-0.15, -0.1) is 0 Å². The van der Waals surface area contributed by atoms with E-state index in [0.717, 1.165) is 128 Å². The summed E-state index contributed by atoms with van der Waals surface area (Å²) in [5.41, 5.74) is -0.842. The van der Waals surface area contributed by atoms with Crippen molar-refractivity contribution < 1.29 is 66.7 Å². The number of hydrogen-bond acceptors (Lipinski definition) is 14. The van der Waals surface area contributed by atoms with E-state index in [-0.39, 0.29) is 108 Å². The molecule has 1 rings (SSSR count). The Labute approximate surface area is 428 Å². The molecular formula is C56H99NO14. The number of esters is 6. The van der Waals surface area contributed by atoms with Gasteiger partial charge in [-0.3, -0.25) is 33.7 Å². The van der Waals surface area contributed by atoms with Gasteiger partial charge in [0.25, 0.3) is 0 Å². The van der Waals surface area contributed by atoms with E-state index in [2.05, 4.69) is 27.7 Å². The monoisotopic (exact) mass is 1010 g/mol. The average Bonchev–Trinajstić information content (AvgIpc) is 3.73. The molecule has 0 radical (unpaired) electrons. The summed E-state index contributed by atoms with van der Waals surface area (Å²) >= 11 is 0. The highest BCUT2D eigenvalue weighted by atomic mass is 16.6. The predicted molar refractivity (Wildman–Crippen MR) is 274 cm³/mol. The van der Waals surface area contributed by atoms with Crippen LogP contribution in [-0.2, 0) is 61.9 Å². The third-order valence-corrected chi connectivity index (χ3v) is 12.5. The fourth-order valence-corrected chi connectivity index (χ4v) is 8.28. The number of carbonyl (C=O) groups excluding carboxylic acids is 7. The Kier molecular flexibility index (Phi) is 38.1. The van der Waals surface area contributed by atoms with Crippen molar-refractivity contribution in [1.29, 1.82) is 0 Å². The van der Waals surface area contributed by atoms with Crippen LogP contribution < -0.4 is 0 Å². The molecule has 1 aliphatic heterocycles. The van der Waals surface area contributed by atoms with E-state index in [9.17, 15) is 33.6 Å². The Morgan fingerprint density at radius 1 is 0.437 bits per heavy atom. The zero-order valence-corrected chi connectivity index (χ0v) is 45.6. The molecule has 0 saturated carbocycles. The molecule has 15 nitrogen and oxygen atoms in total. The minimum absolute atomic E-state index is 0.0280. The summed E-state index contributed by atoms with van der Waals surface area (Å²) in [6.07, 6.45) is 23.8. The lowest BCUT2D eigenvalue weighted by Gasteiger charge is -2.28. The minimum Gasteiger partial charge on any atom is -0.465 e. The first-order chi connectivity index (χ1) is 34.1. The Morgan fingerprint density at radius 3 is 1.10 bits per heavy atom. The van der Waals surface area contributed by atoms with Crippen LogP contribution in [-0.4, -0.2) is 104 Å². The highest BCUT2D eigenvalue weighted by Gasteiger charge is 2.40. The maximum absolute atomic E-state index is 13.5. The first-order valence-corrected chi connectivity index (χ1v) is 28.1. The first-order valence-electron chi connectivity index (χ1n) is 28.1. The molecule has 0 aliphatic carbocycles. The molecule has 0 aromatic heterocycles. The van der Waals surface area contributed by atoms with Crippen molar-refractivity contribution in [1.82, 2.24) is 4.90 Å². The van der Waals surface area contributed by atoms with Crippen molar-refractivity contribution in [3.8, 4) is 0 Å². The highest BCUT2D eigenvalue weighted by Crippen LogP contribution is 2.26. The molecule has 0 spiro atoms. The number of rotatable bonds is 43. The maximum atomic E-state index is 13.5. The molecule has 71 heavy (non-hydrogen) atoms. The topological polar surface area (TPSA) is 187 Å². The van der Waals surface area contributed by atoms with Crippen LogP contribution in [0.4, 0.5) is 4.79 Å². The number of amides is 1. The van der Waals surface area contributed by atoms with Crippen LogP contribution in [0.5, 0.6) is 0 Å². The Bertz CT molecular complexity index is 1400. The van der Waals surface area contributed by atoms with Gasteiger partial charge in [0.1, 0.15) is 18.3 Å². The summed E-state index contributed by atoms with van der Waals surface area (Å²) in [6, 6.07) is -0.711. The zero-order chi connectivity index (χ0) is 52.5. The smallest absolute Gasteiger partial charge is 0.410 e. The number of hydrogen-bond donors (Lipinski definition) is 0. The second-order valence-electron chi connectivity index (χ2n) is 20.8. The molecule has 1 amide bonds.